The molecule has 1 atom stereocenters. The highest BCUT2D eigenvalue weighted by Crippen LogP contribution is 2.22. The normalized spacial score (nSPS) is 20.1. The van der Waals surface area contributed by atoms with E-state index in [4.69, 9.17) is 0 Å². The Morgan fingerprint density at radius 3 is 3.05 bits per heavy atom. The largest absolute Gasteiger partial charge is 0.394 e. The third-order valence-electron chi connectivity index (χ3n) is 3.28. The van der Waals surface area contributed by atoms with Gasteiger partial charge in [-0.15, -0.1) is 10.2 Å². The van der Waals surface area contributed by atoms with Gasteiger partial charge in [0.25, 0.3) is 5.91 Å². The maximum atomic E-state index is 12.4. The molecule has 1 fully saturated rings. The van der Waals surface area contributed by atoms with E-state index < -0.39 is 0 Å². The zero-order valence-electron chi connectivity index (χ0n) is 11.1. The molecule has 1 unspecified atom stereocenters. The van der Waals surface area contributed by atoms with Crippen molar-refractivity contribution in [1.82, 2.24) is 15.1 Å². The van der Waals surface area contributed by atoms with Gasteiger partial charge in [0.05, 0.1) is 12.6 Å². The first-order valence-electron chi connectivity index (χ1n) is 6.75. The average molecular weight is 284 g/mol. The number of likely N-dealkylation sites (tertiary alicyclic amines) is 1. The zero-order chi connectivity index (χ0) is 13.7. The Hall–Kier alpha value is -1.21. The molecule has 0 aromatic carbocycles. The lowest BCUT2D eigenvalue weighted by molar-refractivity contribution is 0.0598. The molecule has 1 aliphatic heterocycles. The van der Waals surface area contributed by atoms with Crippen LogP contribution in [0, 0.1) is 0 Å². The van der Waals surface area contributed by atoms with Crippen LogP contribution < -0.4 is 5.32 Å². The van der Waals surface area contributed by atoms with Gasteiger partial charge in [-0.05, 0) is 19.8 Å². The predicted octanol–water partition coefficient (Wildman–Crippen LogP) is 1.35. The van der Waals surface area contributed by atoms with E-state index >= 15 is 0 Å². The standard InChI is InChI=1S/C12H20N4O2S/c1-2-13-12-15-14-10(19-12)11(18)16-7-5-3-4-6-9(16)8-17/h9,17H,2-8H2,1H3,(H,13,15). The van der Waals surface area contributed by atoms with Crippen molar-refractivity contribution in [3.05, 3.63) is 5.01 Å². The zero-order valence-corrected chi connectivity index (χ0v) is 11.9. The van der Waals surface area contributed by atoms with Gasteiger partial charge >= 0.3 is 0 Å². The third-order valence-corrected chi connectivity index (χ3v) is 4.15. The van der Waals surface area contributed by atoms with Gasteiger partial charge in [-0.3, -0.25) is 4.79 Å². The highest BCUT2D eigenvalue weighted by Gasteiger charge is 2.28. The van der Waals surface area contributed by atoms with Crippen molar-refractivity contribution in [3.8, 4) is 0 Å². The number of aliphatic hydroxyl groups is 1. The van der Waals surface area contributed by atoms with E-state index in [-0.39, 0.29) is 18.6 Å². The van der Waals surface area contributed by atoms with E-state index in [9.17, 15) is 9.90 Å². The number of hydrogen-bond acceptors (Lipinski definition) is 6. The summed E-state index contributed by atoms with van der Waals surface area (Å²) in [5.41, 5.74) is 0. The van der Waals surface area contributed by atoms with Crippen molar-refractivity contribution in [1.29, 1.82) is 0 Å². The van der Waals surface area contributed by atoms with Crippen molar-refractivity contribution >= 4 is 22.4 Å². The van der Waals surface area contributed by atoms with Gasteiger partial charge in [0, 0.05) is 13.1 Å². The fourth-order valence-corrected chi connectivity index (χ4v) is 3.06. The maximum Gasteiger partial charge on any atom is 0.285 e. The van der Waals surface area contributed by atoms with E-state index in [1.54, 1.807) is 4.90 Å². The van der Waals surface area contributed by atoms with Gasteiger partial charge in [0.1, 0.15) is 0 Å². The topological polar surface area (TPSA) is 78.4 Å². The lowest BCUT2D eigenvalue weighted by Crippen LogP contribution is -2.42. The number of aromatic nitrogens is 2. The van der Waals surface area contributed by atoms with Gasteiger partial charge < -0.3 is 15.3 Å². The summed E-state index contributed by atoms with van der Waals surface area (Å²) in [6.07, 6.45) is 4.02. The molecule has 0 saturated carbocycles. The SMILES string of the molecule is CCNc1nnc(C(=O)N2CCCCCC2CO)s1. The summed E-state index contributed by atoms with van der Waals surface area (Å²) in [6, 6.07) is -0.0820. The molecule has 0 aliphatic carbocycles. The lowest BCUT2D eigenvalue weighted by Gasteiger charge is -2.27. The van der Waals surface area contributed by atoms with Gasteiger partial charge in [-0.25, -0.2) is 0 Å². The molecular formula is C12H20N4O2S. The van der Waals surface area contributed by atoms with Crippen LogP contribution in [0.5, 0.6) is 0 Å². The number of anilines is 1. The molecule has 2 N–H and O–H groups in total. The van der Waals surface area contributed by atoms with Crippen molar-refractivity contribution in [3.63, 3.8) is 0 Å². The van der Waals surface area contributed by atoms with Crippen LogP contribution in [0.15, 0.2) is 0 Å². The van der Waals surface area contributed by atoms with Gasteiger partial charge in [-0.2, -0.15) is 0 Å². The summed E-state index contributed by atoms with van der Waals surface area (Å²) >= 11 is 1.27. The molecule has 0 radical (unpaired) electrons. The quantitative estimate of drug-likeness (QED) is 0.872. The van der Waals surface area contributed by atoms with E-state index in [2.05, 4.69) is 15.5 Å². The van der Waals surface area contributed by atoms with Gasteiger partial charge in [0.15, 0.2) is 0 Å². The van der Waals surface area contributed by atoms with Crippen molar-refractivity contribution < 1.29 is 9.90 Å². The highest BCUT2D eigenvalue weighted by molar-refractivity contribution is 7.17. The Kier molecular flexibility index (Phi) is 5.09. The van der Waals surface area contributed by atoms with E-state index in [1.807, 2.05) is 6.92 Å². The molecule has 2 heterocycles. The Labute approximate surface area is 116 Å². The number of aliphatic hydroxyl groups excluding tert-OH is 1. The molecule has 0 bridgehead atoms. The second-order valence-corrected chi connectivity index (χ2v) is 5.60. The summed E-state index contributed by atoms with van der Waals surface area (Å²) in [5, 5.41) is 21.4. The first kappa shape index (κ1) is 14.2. The summed E-state index contributed by atoms with van der Waals surface area (Å²) in [4.78, 5) is 14.2. The van der Waals surface area contributed by atoms with Gasteiger partial charge in [-0.1, -0.05) is 24.2 Å². The second-order valence-electron chi connectivity index (χ2n) is 4.63. The van der Waals surface area contributed by atoms with Crippen LogP contribution in [0.1, 0.15) is 42.4 Å². The van der Waals surface area contributed by atoms with Crippen LogP contribution in [-0.4, -0.2) is 51.8 Å². The monoisotopic (exact) mass is 284 g/mol. The van der Waals surface area contributed by atoms with Crippen LogP contribution in [0.3, 0.4) is 0 Å². The predicted molar refractivity (Wildman–Crippen MR) is 74.5 cm³/mol. The van der Waals surface area contributed by atoms with E-state index in [0.29, 0.717) is 16.7 Å². The molecule has 1 aliphatic rings. The van der Waals surface area contributed by atoms with Crippen LogP contribution in [0.25, 0.3) is 0 Å². The number of hydrogen-bond donors (Lipinski definition) is 2. The highest BCUT2D eigenvalue weighted by atomic mass is 32.1. The number of rotatable bonds is 4. The molecule has 1 amide bonds. The van der Waals surface area contributed by atoms with E-state index in [1.165, 1.54) is 11.3 Å². The van der Waals surface area contributed by atoms with Crippen LogP contribution in [0.4, 0.5) is 5.13 Å². The number of carbonyl (C=O) groups is 1. The van der Waals surface area contributed by atoms with Crippen molar-refractivity contribution in [2.45, 2.75) is 38.6 Å². The Morgan fingerprint density at radius 1 is 1.47 bits per heavy atom. The molecule has 19 heavy (non-hydrogen) atoms. The van der Waals surface area contributed by atoms with Crippen molar-refractivity contribution in [2.75, 3.05) is 25.0 Å². The molecule has 0 spiro atoms. The van der Waals surface area contributed by atoms with Crippen molar-refractivity contribution in [2.24, 2.45) is 0 Å². The molecule has 1 aromatic heterocycles. The summed E-state index contributed by atoms with van der Waals surface area (Å²) in [5.74, 6) is -0.109. The third kappa shape index (κ3) is 3.42. The van der Waals surface area contributed by atoms with E-state index in [0.717, 1.165) is 32.2 Å². The molecule has 7 heteroatoms. The number of carbonyl (C=O) groups excluding carboxylic acids is 1. The van der Waals surface area contributed by atoms with Crippen LogP contribution in [0.2, 0.25) is 0 Å². The summed E-state index contributed by atoms with van der Waals surface area (Å²) in [7, 11) is 0. The minimum Gasteiger partial charge on any atom is -0.394 e. The lowest BCUT2D eigenvalue weighted by atomic mass is 10.1. The van der Waals surface area contributed by atoms with Gasteiger partial charge in [0.2, 0.25) is 10.1 Å². The second kappa shape index (κ2) is 6.81. The number of nitrogens with one attached hydrogen (secondary N) is 1. The molecule has 106 valence electrons. The summed E-state index contributed by atoms with van der Waals surface area (Å²) in [6.45, 7) is 3.44. The minimum atomic E-state index is -0.109. The number of amides is 1. The molecular weight excluding hydrogens is 264 g/mol. The number of nitrogens with zero attached hydrogens (tertiary/aromatic N) is 3. The van der Waals surface area contributed by atoms with Crippen LogP contribution >= 0.6 is 11.3 Å². The fraction of sp³-hybridized carbons (Fsp3) is 0.750. The smallest absolute Gasteiger partial charge is 0.285 e. The summed E-state index contributed by atoms with van der Waals surface area (Å²) < 4.78 is 0. The molecule has 6 nitrogen and oxygen atoms in total. The maximum absolute atomic E-state index is 12.4. The Balaban J connectivity index is 2.10. The first-order valence-corrected chi connectivity index (χ1v) is 7.57. The minimum absolute atomic E-state index is 0.0185. The van der Waals surface area contributed by atoms with Crippen LogP contribution in [-0.2, 0) is 0 Å². The molecule has 1 saturated heterocycles. The Morgan fingerprint density at radius 2 is 2.32 bits per heavy atom. The average Bonchev–Trinajstić information content (AvgIpc) is 2.75. The fourth-order valence-electron chi connectivity index (χ4n) is 2.29. The first-order chi connectivity index (χ1) is 9.26. The molecule has 2 rings (SSSR count). The Bertz CT molecular complexity index is 424. The molecule has 1 aromatic rings.